The van der Waals surface area contributed by atoms with E-state index in [0.29, 0.717) is 0 Å². The Bertz CT molecular complexity index is 526. The molecule has 0 spiro atoms. The van der Waals surface area contributed by atoms with Crippen molar-refractivity contribution in [2.24, 2.45) is 5.92 Å². The highest BCUT2D eigenvalue weighted by Crippen LogP contribution is 2.21. The highest BCUT2D eigenvalue weighted by molar-refractivity contribution is 5.36. The average Bonchev–Trinajstić information content (AvgIpc) is 2.71. The summed E-state index contributed by atoms with van der Waals surface area (Å²) in [4.78, 5) is 0. The van der Waals surface area contributed by atoms with Gasteiger partial charge in [0.15, 0.2) is 5.65 Å². The van der Waals surface area contributed by atoms with Crippen LogP contribution < -0.4 is 5.32 Å². The van der Waals surface area contributed by atoms with Crippen molar-refractivity contribution in [3.05, 3.63) is 30.2 Å². The van der Waals surface area contributed by atoms with E-state index in [4.69, 9.17) is 0 Å². The highest BCUT2D eigenvalue weighted by atomic mass is 15.2. The van der Waals surface area contributed by atoms with Gasteiger partial charge < -0.3 is 5.32 Å². The van der Waals surface area contributed by atoms with E-state index in [9.17, 15) is 0 Å². The Morgan fingerprint density at radius 1 is 1.10 bits per heavy atom. The van der Waals surface area contributed by atoms with E-state index in [1.807, 2.05) is 24.4 Å². The standard InChI is InChI=1S/C16H24N4/c1-2-4-8-14(7-3-1)13-17-11-10-16-19-18-15-9-5-6-12-20(15)16/h5-6,9,12,14,17H,1-4,7-8,10-11,13H2. The summed E-state index contributed by atoms with van der Waals surface area (Å²) in [5.74, 6) is 1.93. The van der Waals surface area contributed by atoms with Crippen molar-refractivity contribution < 1.29 is 0 Å². The second-order valence-corrected chi connectivity index (χ2v) is 5.86. The van der Waals surface area contributed by atoms with Gasteiger partial charge in [-0.1, -0.05) is 31.7 Å². The maximum Gasteiger partial charge on any atom is 0.160 e. The number of fused-ring (bicyclic) bond motifs is 1. The van der Waals surface area contributed by atoms with Gasteiger partial charge in [0.1, 0.15) is 5.82 Å². The number of rotatable bonds is 5. The van der Waals surface area contributed by atoms with Crippen LogP contribution in [-0.4, -0.2) is 27.7 Å². The summed E-state index contributed by atoms with van der Waals surface area (Å²) in [6, 6.07) is 6.02. The molecule has 4 heteroatoms. The van der Waals surface area contributed by atoms with Gasteiger partial charge in [0.2, 0.25) is 0 Å². The van der Waals surface area contributed by atoms with Gasteiger partial charge in [-0.05, 0) is 37.4 Å². The molecule has 108 valence electrons. The van der Waals surface area contributed by atoms with Gasteiger partial charge in [-0.3, -0.25) is 4.40 Å². The van der Waals surface area contributed by atoms with Gasteiger partial charge in [0, 0.05) is 19.2 Å². The smallest absolute Gasteiger partial charge is 0.160 e. The molecule has 0 aliphatic heterocycles. The Balaban J connectivity index is 1.45. The van der Waals surface area contributed by atoms with Crippen molar-refractivity contribution in [1.29, 1.82) is 0 Å². The number of hydrogen-bond acceptors (Lipinski definition) is 3. The first-order valence-electron chi connectivity index (χ1n) is 7.93. The Kier molecular flexibility index (Phi) is 4.64. The van der Waals surface area contributed by atoms with E-state index >= 15 is 0 Å². The fourth-order valence-corrected chi connectivity index (χ4v) is 3.14. The molecule has 1 N–H and O–H groups in total. The van der Waals surface area contributed by atoms with Gasteiger partial charge >= 0.3 is 0 Å². The van der Waals surface area contributed by atoms with Crippen molar-refractivity contribution in [3.8, 4) is 0 Å². The quantitative estimate of drug-likeness (QED) is 0.672. The first kappa shape index (κ1) is 13.6. The molecule has 0 aromatic carbocycles. The Labute approximate surface area is 120 Å². The van der Waals surface area contributed by atoms with Crippen molar-refractivity contribution in [2.45, 2.75) is 44.9 Å². The fourth-order valence-electron chi connectivity index (χ4n) is 3.14. The summed E-state index contributed by atoms with van der Waals surface area (Å²) in [5.41, 5.74) is 0.936. The number of aromatic nitrogens is 3. The normalized spacial score (nSPS) is 17.4. The van der Waals surface area contributed by atoms with Crippen LogP contribution in [-0.2, 0) is 6.42 Å². The molecule has 1 aliphatic carbocycles. The number of pyridine rings is 1. The predicted molar refractivity (Wildman–Crippen MR) is 80.8 cm³/mol. The van der Waals surface area contributed by atoms with Crippen LogP contribution in [0.2, 0.25) is 0 Å². The maximum atomic E-state index is 4.27. The molecule has 0 unspecified atom stereocenters. The molecule has 3 rings (SSSR count). The minimum absolute atomic E-state index is 0.882. The lowest BCUT2D eigenvalue weighted by atomic mass is 10.0. The molecule has 0 amide bonds. The summed E-state index contributed by atoms with van der Waals surface area (Å²) in [7, 11) is 0. The fraction of sp³-hybridized carbons (Fsp3) is 0.625. The molecule has 2 aromatic rings. The van der Waals surface area contributed by atoms with Crippen LogP contribution in [0.1, 0.15) is 44.3 Å². The molecular formula is C16H24N4. The van der Waals surface area contributed by atoms with E-state index in [1.165, 1.54) is 38.5 Å². The van der Waals surface area contributed by atoms with Crippen LogP contribution in [0.25, 0.3) is 5.65 Å². The molecule has 0 atom stereocenters. The van der Waals surface area contributed by atoms with Crippen LogP contribution in [0.5, 0.6) is 0 Å². The minimum atomic E-state index is 0.882. The largest absolute Gasteiger partial charge is 0.316 e. The van der Waals surface area contributed by atoms with Crippen molar-refractivity contribution in [2.75, 3.05) is 13.1 Å². The van der Waals surface area contributed by atoms with E-state index in [0.717, 1.165) is 36.9 Å². The number of nitrogens with zero attached hydrogens (tertiary/aromatic N) is 3. The molecule has 1 fully saturated rings. The van der Waals surface area contributed by atoms with E-state index in [-0.39, 0.29) is 0 Å². The highest BCUT2D eigenvalue weighted by Gasteiger charge is 2.11. The van der Waals surface area contributed by atoms with Crippen LogP contribution in [0, 0.1) is 5.92 Å². The van der Waals surface area contributed by atoms with Gasteiger partial charge in [0.05, 0.1) is 0 Å². The van der Waals surface area contributed by atoms with Gasteiger partial charge in [0.25, 0.3) is 0 Å². The third-order valence-corrected chi connectivity index (χ3v) is 4.32. The third-order valence-electron chi connectivity index (χ3n) is 4.32. The van der Waals surface area contributed by atoms with Gasteiger partial charge in [-0.15, -0.1) is 10.2 Å². The Hall–Kier alpha value is -1.42. The van der Waals surface area contributed by atoms with Crippen molar-refractivity contribution in [3.63, 3.8) is 0 Å². The van der Waals surface area contributed by atoms with Crippen LogP contribution in [0.4, 0.5) is 0 Å². The van der Waals surface area contributed by atoms with Gasteiger partial charge in [-0.2, -0.15) is 0 Å². The van der Waals surface area contributed by atoms with E-state index in [2.05, 4.69) is 19.9 Å². The second-order valence-electron chi connectivity index (χ2n) is 5.86. The summed E-state index contributed by atoms with van der Waals surface area (Å²) in [6.45, 7) is 2.16. The Morgan fingerprint density at radius 2 is 1.95 bits per heavy atom. The van der Waals surface area contributed by atoms with Crippen LogP contribution >= 0.6 is 0 Å². The van der Waals surface area contributed by atoms with E-state index < -0.39 is 0 Å². The molecule has 0 bridgehead atoms. The molecule has 2 heterocycles. The number of hydrogen-bond donors (Lipinski definition) is 1. The summed E-state index contributed by atoms with van der Waals surface area (Å²) >= 11 is 0. The molecule has 1 saturated carbocycles. The molecule has 2 aromatic heterocycles. The SMILES string of the molecule is c1ccn2c(CCNCC3CCCCCC3)nnc2c1. The molecule has 1 aliphatic rings. The average molecular weight is 272 g/mol. The predicted octanol–water partition coefficient (Wildman–Crippen LogP) is 2.83. The topological polar surface area (TPSA) is 42.2 Å². The second kappa shape index (κ2) is 6.84. The van der Waals surface area contributed by atoms with Gasteiger partial charge in [-0.25, -0.2) is 0 Å². The molecular weight excluding hydrogens is 248 g/mol. The summed E-state index contributed by atoms with van der Waals surface area (Å²) < 4.78 is 2.08. The van der Waals surface area contributed by atoms with Crippen LogP contribution in [0.15, 0.2) is 24.4 Å². The lowest BCUT2D eigenvalue weighted by Crippen LogP contribution is -2.25. The zero-order chi connectivity index (χ0) is 13.6. The molecule has 0 saturated heterocycles. The minimum Gasteiger partial charge on any atom is -0.316 e. The third kappa shape index (κ3) is 3.37. The lowest BCUT2D eigenvalue weighted by molar-refractivity contribution is 0.426. The maximum absolute atomic E-state index is 4.27. The summed E-state index contributed by atoms with van der Waals surface area (Å²) in [6.07, 6.45) is 11.5. The Morgan fingerprint density at radius 3 is 2.80 bits per heavy atom. The van der Waals surface area contributed by atoms with Crippen LogP contribution in [0.3, 0.4) is 0 Å². The van der Waals surface area contributed by atoms with E-state index in [1.54, 1.807) is 0 Å². The number of nitrogens with one attached hydrogen (secondary N) is 1. The molecule has 0 radical (unpaired) electrons. The molecule has 20 heavy (non-hydrogen) atoms. The molecule has 4 nitrogen and oxygen atoms in total. The lowest BCUT2D eigenvalue weighted by Gasteiger charge is -2.14. The first-order chi connectivity index (χ1) is 9.93. The van der Waals surface area contributed by atoms with Crippen molar-refractivity contribution >= 4 is 5.65 Å². The summed E-state index contributed by atoms with van der Waals surface area (Å²) in [5, 5.41) is 12.1. The zero-order valence-corrected chi connectivity index (χ0v) is 12.1. The monoisotopic (exact) mass is 272 g/mol. The zero-order valence-electron chi connectivity index (χ0n) is 12.1. The first-order valence-corrected chi connectivity index (χ1v) is 7.93. The van der Waals surface area contributed by atoms with Crippen molar-refractivity contribution in [1.82, 2.24) is 19.9 Å².